The van der Waals surface area contributed by atoms with E-state index in [1.54, 1.807) is 12.1 Å². The molecule has 0 saturated heterocycles. The summed E-state index contributed by atoms with van der Waals surface area (Å²) in [5.74, 6) is -3.91. The molecule has 0 fully saturated rings. The highest BCUT2D eigenvalue weighted by Gasteiger charge is 2.23. The van der Waals surface area contributed by atoms with E-state index < -0.39 is 35.2 Å². The molecule has 0 saturated carbocycles. The number of nitrogens with one attached hydrogen (secondary N) is 3. The molecule has 204 valence electrons. The van der Waals surface area contributed by atoms with E-state index in [1.807, 2.05) is 0 Å². The van der Waals surface area contributed by atoms with Gasteiger partial charge in [0.05, 0.1) is 18.4 Å². The van der Waals surface area contributed by atoms with Gasteiger partial charge in [-0.2, -0.15) is 4.98 Å². The van der Waals surface area contributed by atoms with Crippen LogP contribution in [0.15, 0.2) is 53.5 Å². The lowest BCUT2D eigenvalue weighted by Crippen LogP contribution is -2.41. The number of fused-ring (bicyclic) bond motifs is 1. The molecule has 1 amide bonds. The fraction of sp³-hybridized carbons (Fsp3) is 0.160. The highest BCUT2D eigenvalue weighted by atomic mass is 16.4. The molecule has 7 N–H and O–H groups in total. The average Bonchev–Trinajstić information content (AvgIpc) is 2.94. The number of hydrogen-bond donors (Lipinski definition) is 6. The summed E-state index contributed by atoms with van der Waals surface area (Å²) in [7, 11) is 0. The van der Waals surface area contributed by atoms with Crippen LogP contribution < -0.4 is 21.9 Å². The maximum atomic E-state index is 12.6. The van der Waals surface area contributed by atoms with Crippen molar-refractivity contribution in [3.63, 3.8) is 0 Å². The smallest absolute Gasteiger partial charge is 0.354 e. The largest absolute Gasteiger partial charge is 0.480 e. The second kappa shape index (κ2) is 11.8. The number of benzene rings is 1. The number of ketones is 1. The monoisotopic (exact) mass is 546 g/mol. The predicted molar refractivity (Wildman–Crippen MR) is 140 cm³/mol. The number of carbonyl (C=O) groups excluding carboxylic acids is 2. The summed E-state index contributed by atoms with van der Waals surface area (Å²) in [6.45, 7) is 0.206. The summed E-state index contributed by atoms with van der Waals surface area (Å²) in [5.41, 5.74) is 5.97. The number of aliphatic carboxylic acids is 1. The second-order valence-electron chi connectivity index (χ2n) is 8.45. The van der Waals surface area contributed by atoms with Gasteiger partial charge in [-0.3, -0.25) is 19.4 Å². The number of rotatable bonds is 11. The summed E-state index contributed by atoms with van der Waals surface area (Å²) in [6.07, 6.45) is 0.943. The van der Waals surface area contributed by atoms with E-state index >= 15 is 0 Å². The van der Waals surface area contributed by atoms with Gasteiger partial charge in [-0.1, -0.05) is 6.07 Å². The molecule has 0 unspecified atom stereocenters. The molecule has 15 nitrogen and oxygen atoms in total. The first-order valence-corrected chi connectivity index (χ1v) is 11.7. The molecule has 40 heavy (non-hydrogen) atoms. The first-order chi connectivity index (χ1) is 19.1. The van der Waals surface area contributed by atoms with E-state index in [4.69, 9.17) is 10.8 Å². The number of pyridine rings is 1. The van der Waals surface area contributed by atoms with Crippen molar-refractivity contribution in [2.24, 2.45) is 0 Å². The van der Waals surface area contributed by atoms with Crippen LogP contribution in [0.1, 0.15) is 49.9 Å². The Morgan fingerprint density at radius 1 is 0.975 bits per heavy atom. The Morgan fingerprint density at radius 2 is 1.70 bits per heavy atom. The minimum absolute atomic E-state index is 0.0419. The maximum absolute atomic E-state index is 12.6. The van der Waals surface area contributed by atoms with Crippen LogP contribution in [-0.2, 0) is 11.3 Å². The number of Topliss-reactive ketones (excluding diaryl/α,β-unsaturated/α-hetero) is 1. The Hall–Kier alpha value is -5.73. The lowest BCUT2D eigenvalue weighted by Gasteiger charge is -2.14. The van der Waals surface area contributed by atoms with E-state index in [0.29, 0.717) is 11.4 Å². The zero-order valence-electron chi connectivity index (χ0n) is 20.6. The highest BCUT2D eigenvalue weighted by molar-refractivity contribution is 5.98. The van der Waals surface area contributed by atoms with Crippen LogP contribution in [0.2, 0.25) is 0 Å². The number of H-pyrrole nitrogens is 1. The predicted octanol–water partition coefficient (Wildman–Crippen LogP) is 0.847. The standard InChI is InChI=1S/C25H22N8O7/c26-25-32-20-19(22(36)33-25)29-14(11-28-20)10-27-13-6-4-12(5-7-13)21(35)31-17(24(39)40)8-9-18(34)15-2-1-3-16(30-15)23(37)38/h1-7,11,17,27H,8-10H2,(H,31,35)(H,37,38)(H,39,40)(H3,26,28,32,33,36)/t17-/m0/s1. The lowest BCUT2D eigenvalue weighted by atomic mass is 10.1. The van der Waals surface area contributed by atoms with Gasteiger partial charge >= 0.3 is 11.9 Å². The molecule has 1 atom stereocenters. The molecule has 15 heteroatoms. The van der Waals surface area contributed by atoms with Crippen molar-refractivity contribution in [3.8, 4) is 0 Å². The number of carboxylic acids is 2. The molecular formula is C25H22N8O7. The maximum Gasteiger partial charge on any atom is 0.354 e. The molecule has 4 rings (SSSR count). The molecule has 0 aliphatic carbocycles. The number of nitrogens with zero attached hydrogens (tertiary/aromatic N) is 4. The number of carboxylic acid groups (broad SMARTS) is 2. The van der Waals surface area contributed by atoms with Crippen LogP contribution in [-0.4, -0.2) is 64.8 Å². The van der Waals surface area contributed by atoms with Crippen molar-refractivity contribution in [1.82, 2.24) is 30.2 Å². The SMILES string of the molecule is Nc1nc2ncc(CNc3ccc(C(=O)N[C@@H](CCC(=O)c4cccc(C(=O)O)n4)C(=O)O)cc3)nc2c(=O)[nH]1. The molecular weight excluding hydrogens is 524 g/mol. The molecule has 0 bridgehead atoms. The van der Waals surface area contributed by atoms with Crippen molar-refractivity contribution in [1.29, 1.82) is 0 Å². The van der Waals surface area contributed by atoms with Gasteiger partial charge in [0.2, 0.25) is 5.95 Å². The van der Waals surface area contributed by atoms with Crippen molar-refractivity contribution in [3.05, 3.63) is 81.7 Å². The van der Waals surface area contributed by atoms with Crippen molar-refractivity contribution >= 4 is 46.4 Å². The van der Waals surface area contributed by atoms with Crippen LogP contribution in [0.5, 0.6) is 0 Å². The molecule has 1 aromatic carbocycles. The molecule has 0 aliphatic heterocycles. The fourth-order valence-corrected chi connectivity index (χ4v) is 3.60. The molecule has 0 aliphatic rings. The summed E-state index contributed by atoms with van der Waals surface area (Å²) >= 11 is 0. The Morgan fingerprint density at radius 3 is 2.40 bits per heavy atom. The molecule has 0 spiro atoms. The van der Waals surface area contributed by atoms with Crippen LogP contribution in [0.3, 0.4) is 0 Å². The van der Waals surface area contributed by atoms with Crippen LogP contribution in [0.4, 0.5) is 11.6 Å². The van der Waals surface area contributed by atoms with Crippen molar-refractivity contribution in [2.45, 2.75) is 25.4 Å². The minimum atomic E-state index is -1.36. The van der Waals surface area contributed by atoms with Gasteiger partial charge in [0.1, 0.15) is 17.4 Å². The molecule has 0 radical (unpaired) electrons. The summed E-state index contributed by atoms with van der Waals surface area (Å²) in [6, 6.07) is 8.71. The van der Waals surface area contributed by atoms with Crippen LogP contribution in [0, 0.1) is 0 Å². The number of nitrogens with two attached hydrogens (primary N) is 1. The molecule has 4 aromatic rings. The fourth-order valence-electron chi connectivity index (χ4n) is 3.60. The Balaban J connectivity index is 1.34. The van der Waals surface area contributed by atoms with Crippen LogP contribution >= 0.6 is 0 Å². The minimum Gasteiger partial charge on any atom is -0.480 e. The Bertz CT molecular complexity index is 1670. The number of hydrogen-bond acceptors (Lipinski definition) is 11. The van der Waals surface area contributed by atoms with Crippen molar-refractivity contribution in [2.75, 3.05) is 11.1 Å². The van der Waals surface area contributed by atoms with E-state index in [9.17, 15) is 29.1 Å². The van der Waals surface area contributed by atoms with Gasteiger partial charge in [0.15, 0.2) is 16.9 Å². The first kappa shape index (κ1) is 27.3. The van der Waals surface area contributed by atoms with Gasteiger partial charge in [-0.05, 0) is 42.8 Å². The van der Waals surface area contributed by atoms with Gasteiger partial charge in [0.25, 0.3) is 11.5 Å². The van der Waals surface area contributed by atoms with Gasteiger partial charge < -0.3 is 26.6 Å². The number of carbonyl (C=O) groups is 4. The number of aromatic carboxylic acids is 1. The normalized spacial score (nSPS) is 11.5. The quantitative estimate of drug-likeness (QED) is 0.143. The lowest BCUT2D eigenvalue weighted by molar-refractivity contribution is -0.139. The highest BCUT2D eigenvalue weighted by Crippen LogP contribution is 2.13. The summed E-state index contributed by atoms with van der Waals surface area (Å²) in [5, 5.41) is 24.0. The van der Waals surface area contributed by atoms with E-state index in [0.717, 1.165) is 0 Å². The van der Waals surface area contributed by atoms with Gasteiger partial charge in [-0.25, -0.2) is 24.5 Å². The van der Waals surface area contributed by atoms with Gasteiger partial charge in [0, 0.05) is 17.7 Å². The van der Waals surface area contributed by atoms with E-state index in [-0.39, 0.29) is 53.4 Å². The average molecular weight is 547 g/mol. The zero-order valence-corrected chi connectivity index (χ0v) is 20.6. The van der Waals surface area contributed by atoms with E-state index in [1.165, 1.54) is 36.5 Å². The zero-order chi connectivity index (χ0) is 28.8. The Kier molecular flexibility index (Phi) is 8.03. The Labute approximate surface area is 224 Å². The topological polar surface area (TPSA) is 243 Å². The third kappa shape index (κ3) is 6.58. The van der Waals surface area contributed by atoms with Crippen molar-refractivity contribution < 1.29 is 29.4 Å². The first-order valence-electron chi connectivity index (χ1n) is 11.7. The molecule has 3 aromatic heterocycles. The number of aromatic nitrogens is 5. The van der Waals surface area contributed by atoms with Gasteiger partial charge in [-0.15, -0.1) is 0 Å². The van der Waals surface area contributed by atoms with Crippen LogP contribution in [0.25, 0.3) is 11.2 Å². The third-order valence-electron chi connectivity index (χ3n) is 5.62. The summed E-state index contributed by atoms with van der Waals surface area (Å²) in [4.78, 5) is 78.1. The number of amides is 1. The number of anilines is 2. The molecule has 3 heterocycles. The third-order valence-corrected chi connectivity index (χ3v) is 5.62. The second-order valence-corrected chi connectivity index (χ2v) is 8.45. The number of aromatic amines is 1. The number of nitrogen functional groups attached to an aromatic ring is 1. The van der Waals surface area contributed by atoms with E-state index in [2.05, 4.69) is 35.6 Å². The summed E-state index contributed by atoms with van der Waals surface area (Å²) < 4.78 is 0.